The van der Waals surface area contributed by atoms with Crippen LogP contribution in [0.1, 0.15) is 36.1 Å². The number of nitrogens with one attached hydrogen (secondary N) is 1. The van der Waals surface area contributed by atoms with Crippen molar-refractivity contribution in [3.05, 3.63) is 58.1 Å². The van der Waals surface area contributed by atoms with Gasteiger partial charge in [-0.15, -0.1) is 0 Å². The normalized spacial score (nSPS) is 12.0. The van der Waals surface area contributed by atoms with E-state index in [9.17, 15) is 0 Å². The summed E-state index contributed by atoms with van der Waals surface area (Å²) >= 11 is 5.96. The molecule has 0 saturated carbocycles. The number of methoxy groups -OCH3 is 2. The fraction of sp³-hybridized carbons (Fsp3) is 0.400. The van der Waals surface area contributed by atoms with Crippen LogP contribution in [-0.4, -0.2) is 21.3 Å². The van der Waals surface area contributed by atoms with E-state index >= 15 is 0 Å². The second-order valence-electron chi connectivity index (χ2n) is 5.77. The summed E-state index contributed by atoms with van der Waals surface area (Å²) in [6.45, 7) is 2.16. The molecule has 0 fully saturated rings. The van der Waals surface area contributed by atoms with Crippen molar-refractivity contribution in [3.8, 4) is 11.5 Å². The molecule has 0 radical (unpaired) electrons. The van der Waals surface area contributed by atoms with Crippen LogP contribution in [0.5, 0.6) is 11.5 Å². The lowest BCUT2D eigenvalue weighted by atomic mass is 9.93. The van der Waals surface area contributed by atoms with Gasteiger partial charge in [-0.2, -0.15) is 0 Å². The third-order valence-corrected chi connectivity index (χ3v) is 4.64. The molecule has 2 rings (SSSR count). The minimum Gasteiger partial charge on any atom is -0.493 e. The van der Waals surface area contributed by atoms with Gasteiger partial charge in [-0.3, -0.25) is 0 Å². The van der Waals surface area contributed by atoms with E-state index in [2.05, 4.69) is 36.5 Å². The van der Waals surface area contributed by atoms with Crippen LogP contribution in [-0.2, 0) is 12.8 Å². The molecule has 0 saturated heterocycles. The van der Waals surface area contributed by atoms with Crippen LogP contribution in [0.4, 0.5) is 0 Å². The number of halogens is 1. The van der Waals surface area contributed by atoms with E-state index in [0.717, 1.165) is 35.8 Å². The number of aryl methyl sites for hydroxylation is 2. The first-order chi connectivity index (χ1) is 11.6. The maximum atomic E-state index is 5.96. The zero-order valence-electron chi connectivity index (χ0n) is 14.9. The predicted octanol–water partition coefficient (Wildman–Crippen LogP) is 4.81. The van der Waals surface area contributed by atoms with Crippen LogP contribution in [0.2, 0.25) is 5.02 Å². The fourth-order valence-corrected chi connectivity index (χ4v) is 3.11. The van der Waals surface area contributed by atoms with E-state index in [1.54, 1.807) is 14.2 Å². The summed E-state index contributed by atoms with van der Waals surface area (Å²) in [6, 6.07) is 12.5. The highest BCUT2D eigenvalue weighted by atomic mass is 35.5. The lowest BCUT2D eigenvalue weighted by molar-refractivity contribution is 0.353. The van der Waals surface area contributed by atoms with Crippen LogP contribution in [0.3, 0.4) is 0 Å². The van der Waals surface area contributed by atoms with E-state index in [1.807, 2.05) is 19.2 Å². The summed E-state index contributed by atoms with van der Waals surface area (Å²) in [4.78, 5) is 0. The molecule has 2 aromatic rings. The summed E-state index contributed by atoms with van der Waals surface area (Å²) < 4.78 is 10.9. The lowest BCUT2D eigenvalue weighted by Gasteiger charge is -2.22. The molecule has 0 unspecified atom stereocenters. The Morgan fingerprint density at radius 2 is 1.67 bits per heavy atom. The molecule has 24 heavy (non-hydrogen) atoms. The van der Waals surface area contributed by atoms with Crippen molar-refractivity contribution in [1.29, 1.82) is 0 Å². The number of hydrogen-bond donors (Lipinski definition) is 1. The number of hydrogen-bond acceptors (Lipinski definition) is 3. The van der Waals surface area contributed by atoms with Crippen molar-refractivity contribution in [1.82, 2.24) is 5.32 Å². The highest BCUT2D eigenvalue weighted by Crippen LogP contribution is 2.34. The topological polar surface area (TPSA) is 30.5 Å². The van der Waals surface area contributed by atoms with Gasteiger partial charge in [0.2, 0.25) is 0 Å². The van der Waals surface area contributed by atoms with Crippen molar-refractivity contribution < 1.29 is 9.47 Å². The molecule has 0 aliphatic carbocycles. The summed E-state index contributed by atoms with van der Waals surface area (Å²) in [6.07, 6.45) is 2.94. The Hall–Kier alpha value is -1.71. The number of benzene rings is 2. The molecule has 2 aromatic carbocycles. The molecule has 0 heterocycles. The van der Waals surface area contributed by atoms with Gasteiger partial charge in [-0.1, -0.05) is 30.7 Å². The van der Waals surface area contributed by atoms with Gasteiger partial charge in [0, 0.05) is 11.1 Å². The first kappa shape index (κ1) is 18.6. The quantitative estimate of drug-likeness (QED) is 0.743. The van der Waals surface area contributed by atoms with Gasteiger partial charge in [0.1, 0.15) is 0 Å². The maximum Gasteiger partial charge on any atom is 0.161 e. The first-order valence-corrected chi connectivity index (χ1v) is 8.67. The smallest absolute Gasteiger partial charge is 0.161 e. The number of rotatable bonds is 8. The first-order valence-electron chi connectivity index (χ1n) is 8.29. The van der Waals surface area contributed by atoms with Crippen molar-refractivity contribution in [2.24, 2.45) is 0 Å². The molecule has 4 heteroatoms. The fourth-order valence-electron chi connectivity index (χ4n) is 2.98. The van der Waals surface area contributed by atoms with E-state index in [0.29, 0.717) is 0 Å². The zero-order chi connectivity index (χ0) is 17.5. The minimum atomic E-state index is 0.260. The Morgan fingerprint density at radius 3 is 2.21 bits per heavy atom. The maximum absolute atomic E-state index is 5.96. The van der Waals surface area contributed by atoms with Crippen LogP contribution in [0, 0.1) is 0 Å². The Bertz CT molecular complexity index is 655. The molecule has 130 valence electrons. The summed E-state index contributed by atoms with van der Waals surface area (Å²) in [5, 5.41) is 4.22. The lowest BCUT2D eigenvalue weighted by Crippen LogP contribution is -2.19. The minimum absolute atomic E-state index is 0.260. The van der Waals surface area contributed by atoms with E-state index in [1.165, 1.54) is 16.7 Å². The van der Waals surface area contributed by atoms with Crippen LogP contribution in [0.25, 0.3) is 0 Å². The second kappa shape index (κ2) is 8.95. The molecular formula is C20H26ClNO2. The van der Waals surface area contributed by atoms with Crippen molar-refractivity contribution in [2.45, 2.75) is 32.2 Å². The molecule has 0 bridgehead atoms. The highest BCUT2D eigenvalue weighted by Gasteiger charge is 2.17. The van der Waals surface area contributed by atoms with E-state index < -0.39 is 0 Å². The average molecular weight is 348 g/mol. The average Bonchev–Trinajstić information content (AvgIpc) is 2.63. The van der Waals surface area contributed by atoms with Crippen LogP contribution >= 0.6 is 11.6 Å². The monoisotopic (exact) mass is 347 g/mol. The summed E-state index contributed by atoms with van der Waals surface area (Å²) in [5.41, 5.74) is 3.84. The third kappa shape index (κ3) is 4.43. The molecule has 1 N–H and O–H groups in total. The standard InChI is InChI=1S/C20H26ClNO2/c1-5-15-12-19(23-3)20(24-4)13-17(15)18(22-2)11-8-14-6-9-16(21)10-7-14/h6-7,9-10,12-13,18,22H,5,8,11H2,1-4H3/t18-/m1/s1. The summed E-state index contributed by atoms with van der Waals surface area (Å²) in [7, 11) is 5.35. The Balaban J connectivity index is 2.23. The third-order valence-electron chi connectivity index (χ3n) is 4.39. The van der Waals surface area contributed by atoms with Crippen molar-refractivity contribution in [3.63, 3.8) is 0 Å². The van der Waals surface area contributed by atoms with Crippen LogP contribution < -0.4 is 14.8 Å². The van der Waals surface area contributed by atoms with Gasteiger partial charge in [0.05, 0.1) is 14.2 Å². The largest absolute Gasteiger partial charge is 0.493 e. The van der Waals surface area contributed by atoms with E-state index in [4.69, 9.17) is 21.1 Å². The van der Waals surface area contributed by atoms with Crippen molar-refractivity contribution >= 4 is 11.6 Å². The zero-order valence-corrected chi connectivity index (χ0v) is 15.6. The van der Waals surface area contributed by atoms with Gasteiger partial charge < -0.3 is 14.8 Å². The molecular weight excluding hydrogens is 322 g/mol. The van der Waals surface area contributed by atoms with Crippen LogP contribution in [0.15, 0.2) is 36.4 Å². The molecule has 0 aliphatic rings. The number of ether oxygens (including phenoxy) is 2. The molecule has 1 atom stereocenters. The Kier molecular flexibility index (Phi) is 6.95. The SMILES string of the molecule is CCc1cc(OC)c(OC)cc1[C@@H](CCc1ccc(Cl)cc1)NC. The predicted molar refractivity (Wildman–Crippen MR) is 100 cm³/mol. The molecule has 0 aromatic heterocycles. The van der Waals surface area contributed by atoms with Crippen molar-refractivity contribution in [2.75, 3.05) is 21.3 Å². The molecule has 3 nitrogen and oxygen atoms in total. The van der Waals surface area contributed by atoms with E-state index in [-0.39, 0.29) is 6.04 Å². The highest BCUT2D eigenvalue weighted by molar-refractivity contribution is 6.30. The molecule has 0 aliphatic heterocycles. The Morgan fingerprint density at radius 1 is 1.04 bits per heavy atom. The van der Waals surface area contributed by atoms with Gasteiger partial charge in [0.25, 0.3) is 0 Å². The van der Waals surface area contributed by atoms with Gasteiger partial charge in [0.15, 0.2) is 11.5 Å². The van der Waals surface area contributed by atoms with Gasteiger partial charge in [-0.25, -0.2) is 0 Å². The summed E-state index contributed by atoms with van der Waals surface area (Å²) in [5.74, 6) is 1.56. The van der Waals surface area contributed by atoms with Gasteiger partial charge in [-0.05, 0) is 67.3 Å². The second-order valence-corrected chi connectivity index (χ2v) is 6.20. The Labute approximate surface area is 149 Å². The van der Waals surface area contributed by atoms with Gasteiger partial charge >= 0.3 is 0 Å². The molecule has 0 amide bonds. The molecule has 0 spiro atoms.